The molecule has 1 amide bonds. The maximum atomic E-state index is 12.7. The van der Waals surface area contributed by atoms with Gasteiger partial charge in [0.1, 0.15) is 24.0 Å². The zero-order valence-corrected chi connectivity index (χ0v) is 20.5. The van der Waals surface area contributed by atoms with Gasteiger partial charge in [-0.2, -0.15) is 5.26 Å². The summed E-state index contributed by atoms with van der Waals surface area (Å²) in [4.78, 5) is 12.7. The summed E-state index contributed by atoms with van der Waals surface area (Å²) in [7, 11) is 1.55. The Morgan fingerprint density at radius 2 is 1.88 bits per heavy atom. The van der Waals surface area contributed by atoms with Gasteiger partial charge in [0.25, 0.3) is 5.91 Å². The van der Waals surface area contributed by atoms with E-state index in [2.05, 4.69) is 27.9 Å². The molecule has 0 heterocycles. The van der Waals surface area contributed by atoms with Crippen molar-refractivity contribution in [3.05, 3.63) is 87.0 Å². The molecule has 0 fully saturated rings. The molecule has 7 heteroatoms. The second-order valence-electron chi connectivity index (χ2n) is 6.89. The fourth-order valence-electron chi connectivity index (χ4n) is 3.04. The van der Waals surface area contributed by atoms with Crippen LogP contribution in [0.15, 0.2) is 72.3 Å². The summed E-state index contributed by atoms with van der Waals surface area (Å²) in [5, 5.41) is 12.3. The van der Waals surface area contributed by atoms with Crippen molar-refractivity contribution in [3.8, 4) is 23.3 Å². The Balaban J connectivity index is 1.80. The first-order valence-electron chi connectivity index (χ1n) is 10.2. The van der Waals surface area contributed by atoms with Crippen molar-refractivity contribution in [2.45, 2.75) is 13.5 Å². The van der Waals surface area contributed by atoms with E-state index in [0.29, 0.717) is 41.7 Å². The Morgan fingerprint density at radius 1 is 1.09 bits per heavy atom. The first-order valence-corrected chi connectivity index (χ1v) is 11.3. The smallest absolute Gasteiger partial charge is 0.266 e. The Kier molecular flexibility index (Phi) is 8.72. The van der Waals surface area contributed by atoms with Crippen LogP contribution in [0.5, 0.6) is 17.2 Å². The van der Waals surface area contributed by atoms with Gasteiger partial charge in [0, 0.05) is 11.8 Å². The molecular weight excluding hydrogens is 531 g/mol. The first-order chi connectivity index (χ1) is 16.0. The average Bonchev–Trinajstić information content (AvgIpc) is 2.82. The van der Waals surface area contributed by atoms with Crippen LogP contribution in [-0.2, 0) is 11.4 Å². The van der Waals surface area contributed by atoms with E-state index in [0.717, 1.165) is 9.13 Å². The number of ether oxygens (including phenoxy) is 3. The third-order valence-electron chi connectivity index (χ3n) is 4.56. The number of carbonyl (C=O) groups is 1. The zero-order chi connectivity index (χ0) is 23.6. The molecule has 0 saturated heterocycles. The molecule has 0 atom stereocenters. The number of methoxy groups -OCH3 is 1. The van der Waals surface area contributed by atoms with Gasteiger partial charge in [-0.3, -0.25) is 4.79 Å². The lowest BCUT2D eigenvalue weighted by Gasteiger charge is -2.14. The van der Waals surface area contributed by atoms with Crippen LogP contribution in [0.4, 0.5) is 5.69 Å². The van der Waals surface area contributed by atoms with E-state index in [1.807, 2.05) is 49.4 Å². The number of hydrogen-bond donors (Lipinski definition) is 1. The minimum atomic E-state index is -0.510. The lowest BCUT2D eigenvalue weighted by Crippen LogP contribution is -2.13. The van der Waals surface area contributed by atoms with E-state index in [1.54, 1.807) is 37.4 Å². The van der Waals surface area contributed by atoms with Gasteiger partial charge in [0.2, 0.25) is 0 Å². The average molecular weight is 554 g/mol. The van der Waals surface area contributed by atoms with Crippen LogP contribution in [0.2, 0.25) is 0 Å². The van der Waals surface area contributed by atoms with Gasteiger partial charge in [-0.25, -0.2) is 0 Å². The summed E-state index contributed by atoms with van der Waals surface area (Å²) in [5.41, 5.74) is 2.20. The van der Waals surface area contributed by atoms with Crippen molar-refractivity contribution in [3.63, 3.8) is 0 Å². The lowest BCUT2D eigenvalue weighted by atomic mass is 10.1. The summed E-state index contributed by atoms with van der Waals surface area (Å²) < 4.78 is 17.7. The normalized spacial score (nSPS) is 10.8. The molecule has 0 aliphatic carbocycles. The van der Waals surface area contributed by atoms with E-state index in [1.165, 1.54) is 6.08 Å². The molecule has 0 aliphatic heterocycles. The largest absolute Gasteiger partial charge is 0.494 e. The molecule has 0 saturated carbocycles. The highest BCUT2D eigenvalue weighted by Gasteiger charge is 2.14. The minimum Gasteiger partial charge on any atom is -0.494 e. The molecule has 0 unspecified atom stereocenters. The van der Waals surface area contributed by atoms with Gasteiger partial charge < -0.3 is 19.5 Å². The number of benzene rings is 3. The number of carbonyl (C=O) groups excluding carboxylic acids is 1. The molecule has 3 rings (SSSR count). The molecule has 6 nitrogen and oxygen atoms in total. The maximum absolute atomic E-state index is 12.7. The van der Waals surface area contributed by atoms with Crippen LogP contribution >= 0.6 is 22.6 Å². The number of halogens is 1. The topological polar surface area (TPSA) is 80.6 Å². The molecule has 168 valence electrons. The number of amides is 1. The summed E-state index contributed by atoms with van der Waals surface area (Å²) in [6.07, 6.45) is 1.52. The number of nitrogens with one attached hydrogen (secondary N) is 1. The maximum Gasteiger partial charge on any atom is 0.266 e. The van der Waals surface area contributed by atoms with Gasteiger partial charge in [-0.15, -0.1) is 0 Å². The van der Waals surface area contributed by atoms with Crippen LogP contribution in [-0.4, -0.2) is 19.6 Å². The van der Waals surface area contributed by atoms with Gasteiger partial charge in [-0.05, 0) is 71.0 Å². The van der Waals surface area contributed by atoms with Crippen LogP contribution in [0.1, 0.15) is 18.1 Å². The second-order valence-corrected chi connectivity index (χ2v) is 8.06. The molecule has 0 radical (unpaired) electrons. The Morgan fingerprint density at radius 3 is 2.58 bits per heavy atom. The van der Waals surface area contributed by atoms with E-state index in [4.69, 9.17) is 14.2 Å². The Labute approximate surface area is 206 Å². The SMILES string of the molecule is CCOc1cccc(NC(=O)/C(C#N)=C/c2cc(I)c(OCc3ccccc3)c(OC)c2)c1. The molecule has 0 aromatic heterocycles. The van der Waals surface area contributed by atoms with Crippen LogP contribution < -0.4 is 19.5 Å². The molecule has 0 spiro atoms. The third kappa shape index (κ3) is 6.73. The second kappa shape index (κ2) is 11.9. The van der Waals surface area contributed by atoms with Crippen molar-refractivity contribution < 1.29 is 19.0 Å². The highest BCUT2D eigenvalue weighted by molar-refractivity contribution is 14.1. The molecule has 0 bridgehead atoms. The Bertz CT molecular complexity index is 1190. The molecule has 33 heavy (non-hydrogen) atoms. The van der Waals surface area contributed by atoms with Crippen molar-refractivity contribution in [2.75, 3.05) is 19.0 Å². The third-order valence-corrected chi connectivity index (χ3v) is 5.36. The van der Waals surface area contributed by atoms with Crippen molar-refractivity contribution >= 4 is 40.3 Å². The fraction of sp³-hybridized carbons (Fsp3) is 0.154. The van der Waals surface area contributed by atoms with Crippen molar-refractivity contribution in [2.24, 2.45) is 0 Å². The minimum absolute atomic E-state index is 0.0346. The highest BCUT2D eigenvalue weighted by Crippen LogP contribution is 2.35. The number of anilines is 1. The van der Waals surface area contributed by atoms with Gasteiger partial charge >= 0.3 is 0 Å². The predicted molar refractivity (Wildman–Crippen MR) is 136 cm³/mol. The van der Waals surface area contributed by atoms with Crippen LogP contribution in [0, 0.1) is 14.9 Å². The summed E-state index contributed by atoms with van der Waals surface area (Å²) in [6.45, 7) is 2.80. The van der Waals surface area contributed by atoms with Crippen molar-refractivity contribution in [1.29, 1.82) is 5.26 Å². The summed E-state index contributed by atoms with van der Waals surface area (Å²) in [6, 6.07) is 22.4. The number of rotatable bonds is 9. The molecule has 0 aliphatic rings. The number of hydrogen-bond acceptors (Lipinski definition) is 5. The van der Waals surface area contributed by atoms with E-state index >= 15 is 0 Å². The molecule has 1 N–H and O–H groups in total. The van der Waals surface area contributed by atoms with Crippen molar-refractivity contribution in [1.82, 2.24) is 0 Å². The summed E-state index contributed by atoms with van der Waals surface area (Å²) in [5.74, 6) is 1.26. The van der Waals surface area contributed by atoms with E-state index < -0.39 is 5.91 Å². The van der Waals surface area contributed by atoms with Crippen LogP contribution in [0.25, 0.3) is 6.08 Å². The van der Waals surface area contributed by atoms with Gasteiger partial charge in [-0.1, -0.05) is 36.4 Å². The quantitative estimate of drug-likeness (QED) is 0.205. The first kappa shape index (κ1) is 24.1. The van der Waals surface area contributed by atoms with Gasteiger partial charge in [0.15, 0.2) is 11.5 Å². The van der Waals surface area contributed by atoms with E-state index in [-0.39, 0.29) is 5.57 Å². The molecule has 3 aromatic rings. The molecule has 3 aromatic carbocycles. The predicted octanol–water partition coefficient (Wildman–Crippen LogP) is 5.82. The van der Waals surface area contributed by atoms with Gasteiger partial charge in [0.05, 0.1) is 17.3 Å². The van der Waals surface area contributed by atoms with E-state index in [9.17, 15) is 10.1 Å². The Hall–Kier alpha value is -3.51. The lowest BCUT2D eigenvalue weighted by molar-refractivity contribution is -0.112. The standard InChI is InChI=1S/C26H23IN2O4/c1-3-32-22-11-7-10-21(15-22)29-26(30)20(16-28)12-19-13-23(27)25(24(14-19)31-2)33-17-18-8-5-4-6-9-18/h4-15H,3,17H2,1-2H3,(H,29,30)/b20-12+. The zero-order valence-electron chi connectivity index (χ0n) is 18.3. The van der Waals surface area contributed by atoms with Crippen LogP contribution in [0.3, 0.4) is 0 Å². The summed E-state index contributed by atoms with van der Waals surface area (Å²) >= 11 is 2.15. The molecular formula is C26H23IN2O4. The monoisotopic (exact) mass is 554 g/mol. The number of nitriles is 1. The highest BCUT2D eigenvalue weighted by atomic mass is 127. The number of nitrogens with zero attached hydrogens (tertiary/aromatic N) is 1. The fourth-order valence-corrected chi connectivity index (χ4v) is 3.82.